The molecule has 14 heavy (non-hydrogen) atoms. The van der Waals surface area contributed by atoms with E-state index in [9.17, 15) is 0 Å². The van der Waals surface area contributed by atoms with E-state index in [0.717, 1.165) is 16.9 Å². The number of imidazole rings is 1. The predicted molar refractivity (Wildman–Crippen MR) is 54.9 cm³/mol. The van der Waals surface area contributed by atoms with Gasteiger partial charge in [0.2, 0.25) is 0 Å². The first-order valence-electron chi connectivity index (χ1n) is 5.21. The minimum Gasteiger partial charge on any atom is -0.338 e. The lowest BCUT2D eigenvalue weighted by Crippen LogP contribution is -2.82. The van der Waals surface area contributed by atoms with Crippen LogP contribution < -0.4 is 5.32 Å². The first-order valence-corrected chi connectivity index (χ1v) is 5.21. The number of nitrogens with one attached hydrogen (secondary N) is 1. The van der Waals surface area contributed by atoms with Crippen molar-refractivity contribution in [2.45, 2.75) is 18.9 Å². The average molecular weight is 188 g/mol. The van der Waals surface area contributed by atoms with Crippen molar-refractivity contribution in [3.05, 3.63) is 30.1 Å². The fraction of sp³-hybridized carbons (Fsp3) is 0.364. The van der Waals surface area contributed by atoms with Crippen LogP contribution in [0.15, 0.2) is 24.3 Å². The van der Waals surface area contributed by atoms with Gasteiger partial charge in [0.25, 0.3) is 0 Å². The van der Waals surface area contributed by atoms with Crippen molar-refractivity contribution in [3.63, 3.8) is 0 Å². The number of aromatic nitrogens is 2. The number of hydrogen-bond acceptors (Lipinski definition) is 1. The van der Waals surface area contributed by atoms with Gasteiger partial charge in [0, 0.05) is 12.8 Å². The Labute approximate surface area is 82.5 Å². The van der Waals surface area contributed by atoms with Gasteiger partial charge in [-0.15, -0.1) is 0 Å². The van der Waals surface area contributed by atoms with Crippen LogP contribution in [-0.4, -0.2) is 16.5 Å². The SMILES string of the molecule is c1ccc2[nH]c([C@H]3CCC[NH2+]3)nc2c1. The van der Waals surface area contributed by atoms with Crippen molar-refractivity contribution >= 4 is 11.0 Å². The molecular formula is C11H14N3+. The van der Waals surface area contributed by atoms with Gasteiger partial charge in [-0.2, -0.15) is 0 Å². The zero-order chi connectivity index (χ0) is 9.38. The smallest absolute Gasteiger partial charge is 0.165 e. The Morgan fingerprint density at radius 2 is 2.29 bits per heavy atom. The van der Waals surface area contributed by atoms with Gasteiger partial charge in [0.05, 0.1) is 17.6 Å². The maximum Gasteiger partial charge on any atom is 0.165 e. The van der Waals surface area contributed by atoms with Crippen LogP contribution >= 0.6 is 0 Å². The van der Waals surface area contributed by atoms with E-state index >= 15 is 0 Å². The monoisotopic (exact) mass is 188 g/mol. The van der Waals surface area contributed by atoms with Gasteiger partial charge in [-0.25, -0.2) is 4.98 Å². The van der Waals surface area contributed by atoms with Gasteiger partial charge in [0.1, 0.15) is 6.04 Å². The molecule has 72 valence electrons. The Morgan fingerprint density at radius 1 is 1.36 bits per heavy atom. The second-order valence-corrected chi connectivity index (χ2v) is 3.91. The first kappa shape index (κ1) is 8.00. The lowest BCUT2D eigenvalue weighted by Gasteiger charge is -2.00. The van der Waals surface area contributed by atoms with Gasteiger partial charge in [-0.1, -0.05) is 12.1 Å². The molecule has 3 nitrogen and oxygen atoms in total. The van der Waals surface area contributed by atoms with E-state index in [1.54, 1.807) is 0 Å². The number of quaternary nitrogens is 1. The van der Waals surface area contributed by atoms with Crippen LogP contribution in [0.25, 0.3) is 11.0 Å². The van der Waals surface area contributed by atoms with Gasteiger partial charge >= 0.3 is 0 Å². The molecule has 0 aliphatic carbocycles. The van der Waals surface area contributed by atoms with Crippen LogP contribution in [0.4, 0.5) is 0 Å². The third kappa shape index (κ3) is 1.21. The summed E-state index contributed by atoms with van der Waals surface area (Å²) in [4.78, 5) is 8.00. The summed E-state index contributed by atoms with van der Waals surface area (Å²) >= 11 is 0. The molecule has 1 aromatic carbocycles. The van der Waals surface area contributed by atoms with E-state index < -0.39 is 0 Å². The Morgan fingerprint density at radius 3 is 3.07 bits per heavy atom. The lowest BCUT2D eigenvalue weighted by molar-refractivity contribution is -0.677. The molecule has 1 atom stereocenters. The van der Waals surface area contributed by atoms with Crippen LogP contribution in [0.5, 0.6) is 0 Å². The molecule has 3 heteroatoms. The average Bonchev–Trinajstić information content (AvgIpc) is 2.86. The number of nitrogens with zero attached hydrogens (tertiary/aromatic N) is 1. The Balaban J connectivity index is 2.05. The second kappa shape index (κ2) is 3.10. The van der Waals surface area contributed by atoms with Crippen molar-refractivity contribution in [1.29, 1.82) is 0 Å². The molecule has 3 N–H and O–H groups in total. The minimum atomic E-state index is 0.558. The molecule has 0 saturated carbocycles. The molecule has 0 radical (unpaired) electrons. The third-order valence-corrected chi connectivity index (χ3v) is 2.93. The number of hydrogen-bond donors (Lipinski definition) is 2. The van der Waals surface area contributed by atoms with Gasteiger partial charge in [-0.05, 0) is 12.1 Å². The molecule has 1 fully saturated rings. The zero-order valence-corrected chi connectivity index (χ0v) is 8.03. The number of fused-ring (bicyclic) bond motifs is 1. The highest BCUT2D eigenvalue weighted by Gasteiger charge is 2.23. The van der Waals surface area contributed by atoms with E-state index in [1.165, 1.54) is 19.4 Å². The molecule has 1 saturated heterocycles. The lowest BCUT2D eigenvalue weighted by atomic mass is 10.2. The number of aromatic amines is 1. The number of rotatable bonds is 1. The highest BCUT2D eigenvalue weighted by molar-refractivity contribution is 5.74. The molecule has 3 rings (SSSR count). The summed E-state index contributed by atoms with van der Waals surface area (Å²) in [7, 11) is 0. The van der Waals surface area contributed by atoms with Crippen molar-refractivity contribution in [2.75, 3.05) is 6.54 Å². The third-order valence-electron chi connectivity index (χ3n) is 2.93. The van der Waals surface area contributed by atoms with Gasteiger partial charge in [-0.3, -0.25) is 0 Å². The molecule has 0 spiro atoms. The molecule has 2 aromatic rings. The molecule has 0 unspecified atom stereocenters. The number of benzene rings is 1. The quantitative estimate of drug-likeness (QED) is 0.688. The maximum atomic E-state index is 4.61. The van der Waals surface area contributed by atoms with Crippen molar-refractivity contribution in [2.24, 2.45) is 0 Å². The Hall–Kier alpha value is -1.35. The second-order valence-electron chi connectivity index (χ2n) is 3.91. The molecule has 1 aromatic heterocycles. The molecule has 0 amide bonds. The summed E-state index contributed by atoms with van der Waals surface area (Å²) in [5, 5.41) is 2.37. The summed E-state index contributed by atoms with van der Waals surface area (Å²) in [6, 6.07) is 8.78. The van der Waals surface area contributed by atoms with Crippen LogP contribution in [-0.2, 0) is 0 Å². The van der Waals surface area contributed by atoms with Crippen LogP contribution in [0.3, 0.4) is 0 Å². The summed E-state index contributed by atoms with van der Waals surface area (Å²) in [5.41, 5.74) is 2.24. The van der Waals surface area contributed by atoms with E-state index in [1.807, 2.05) is 12.1 Å². The zero-order valence-electron chi connectivity index (χ0n) is 8.03. The molecule has 1 aliphatic rings. The van der Waals surface area contributed by atoms with Gasteiger partial charge < -0.3 is 10.3 Å². The molecule has 2 heterocycles. The fourth-order valence-electron chi connectivity index (χ4n) is 2.17. The topological polar surface area (TPSA) is 45.3 Å². The molecule has 1 aliphatic heterocycles. The molecule has 0 bridgehead atoms. The van der Waals surface area contributed by atoms with E-state index in [4.69, 9.17) is 0 Å². The summed E-state index contributed by atoms with van der Waals surface area (Å²) in [6.45, 7) is 1.24. The van der Waals surface area contributed by atoms with Gasteiger partial charge in [0.15, 0.2) is 5.82 Å². The number of H-pyrrole nitrogens is 1. The number of para-hydroxylation sites is 2. The summed E-state index contributed by atoms with van der Waals surface area (Å²) in [5.74, 6) is 1.14. The summed E-state index contributed by atoms with van der Waals surface area (Å²) in [6.07, 6.45) is 2.56. The van der Waals surface area contributed by atoms with E-state index in [0.29, 0.717) is 6.04 Å². The normalized spacial score (nSPS) is 21.9. The highest BCUT2D eigenvalue weighted by atomic mass is 15.0. The fourth-order valence-corrected chi connectivity index (χ4v) is 2.17. The number of nitrogens with two attached hydrogens (primary N) is 1. The van der Waals surface area contributed by atoms with Crippen molar-refractivity contribution < 1.29 is 5.32 Å². The standard InChI is InChI=1S/C11H13N3/c1-2-5-9-8(4-1)13-11(14-9)10-6-3-7-12-10/h1-2,4-5,10,12H,3,6-7H2,(H,13,14)/p+1/t10-/m1/s1. The Bertz CT molecular complexity index is 407. The molecular weight excluding hydrogens is 174 g/mol. The highest BCUT2D eigenvalue weighted by Crippen LogP contribution is 2.18. The van der Waals surface area contributed by atoms with Crippen LogP contribution in [0.1, 0.15) is 24.7 Å². The predicted octanol–water partition coefficient (Wildman–Crippen LogP) is 0.961. The Kier molecular flexibility index (Phi) is 1.77. The van der Waals surface area contributed by atoms with Crippen molar-refractivity contribution in [3.8, 4) is 0 Å². The van der Waals surface area contributed by atoms with Crippen LogP contribution in [0.2, 0.25) is 0 Å². The van der Waals surface area contributed by atoms with Crippen molar-refractivity contribution in [1.82, 2.24) is 9.97 Å². The summed E-state index contributed by atoms with van der Waals surface area (Å²) < 4.78 is 0. The largest absolute Gasteiger partial charge is 0.338 e. The maximum absolute atomic E-state index is 4.61. The van der Waals surface area contributed by atoms with Crippen LogP contribution in [0, 0.1) is 0 Å². The first-order chi connectivity index (χ1) is 6.93. The van der Waals surface area contributed by atoms with E-state index in [-0.39, 0.29) is 0 Å². The van der Waals surface area contributed by atoms with E-state index in [2.05, 4.69) is 27.4 Å². The minimum absolute atomic E-state index is 0.558.